The number of hydrogen-bond donors (Lipinski definition) is 1. The van der Waals surface area contributed by atoms with Crippen LogP contribution in [0, 0.1) is 12.4 Å². The van der Waals surface area contributed by atoms with Crippen LogP contribution in [0.25, 0.3) is 4.85 Å². The Morgan fingerprint density at radius 3 is 2.61 bits per heavy atom. The average Bonchev–Trinajstić information content (AvgIpc) is 2.68. The van der Waals surface area contributed by atoms with E-state index in [4.69, 9.17) is 22.9 Å². The predicted molar refractivity (Wildman–Crippen MR) is 106 cm³/mol. The van der Waals surface area contributed by atoms with E-state index in [1.807, 2.05) is 30.3 Å². The fraction of sp³-hybridized carbons (Fsp3) is 0.182. The summed E-state index contributed by atoms with van der Waals surface area (Å²) in [5.41, 5.74) is 3.39. The first-order chi connectivity index (χ1) is 13.5. The lowest BCUT2D eigenvalue weighted by molar-refractivity contribution is -0.136. The number of ether oxygens (including phenoxy) is 1. The van der Waals surface area contributed by atoms with Gasteiger partial charge in [-0.1, -0.05) is 48.0 Å². The topological polar surface area (TPSA) is 42.7 Å². The number of allylic oxidation sites excluding steroid dienone is 3. The van der Waals surface area contributed by atoms with E-state index in [0.717, 1.165) is 5.56 Å². The van der Waals surface area contributed by atoms with Crippen molar-refractivity contribution in [1.82, 2.24) is 5.32 Å². The maximum atomic E-state index is 13.6. The summed E-state index contributed by atoms with van der Waals surface area (Å²) in [7, 11) is 1.28. The Morgan fingerprint density at radius 1 is 1.29 bits per heavy atom. The first-order valence-electron chi connectivity index (χ1n) is 8.61. The van der Waals surface area contributed by atoms with Gasteiger partial charge < -0.3 is 10.1 Å². The Balaban J connectivity index is 2.18. The normalized spacial score (nSPS) is 16.5. The van der Waals surface area contributed by atoms with Crippen molar-refractivity contribution in [3.05, 3.63) is 105 Å². The van der Waals surface area contributed by atoms with Crippen LogP contribution in [0.5, 0.6) is 0 Å². The molecule has 2 aromatic carbocycles. The Kier molecular flexibility index (Phi) is 5.81. The third-order valence-corrected chi connectivity index (χ3v) is 4.96. The van der Waals surface area contributed by atoms with E-state index in [-0.39, 0.29) is 5.02 Å². The molecule has 1 unspecified atom stereocenters. The van der Waals surface area contributed by atoms with Gasteiger partial charge in [0.05, 0.1) is 25.2 Å². The van der Waals surface area contributed by atoms with E-state index in [1.165, 1.54) is 25.3 Å². The van der Waals surface area contributed by atoms with Gasteiger partial charge in [-0.05, 0) is 30.2 Å². The van der Waals surface area contributed by atoms with Gasteiger partial charge in [-0.15, -0.1) is 0 Å². The lowest BCUT2D eigenvalue weighted by Gasteiger charge is -2.30. The maximum absolute atomic E-state index is 13.6. The summed E-state index contributed by atoms with van der Waals surface area (Å²) >= 11 is 6.29. The second-order valence-electron chi connectivity index (χ2n) is 6.39. The molecule has 0 aromatic heterocycles. The SMILES string of the molecule is [C-]#[N+]C1=C(Cc2ccccc2)NC(C)=C(C(=O)OC)C1c1ccc(F)cc1Cl. The van der Waals surface area contributed by atoms with E-state index in [2.05, 4.69) is 10.2 Å². The highest BCUT2D eigenvalue weighted by atomic mass is 35.5. The average molecular weight is 397 g/mol. The van der Waals surface area contributed by atoms with Crippen LogP contribution in [0.1, 0.15) is 24.0 Å². The van der Waals surface area contributed by atoms with Gasteiger partial charge in [-0.3, -0.25) is 0 Å². The van der Waals surface area contributed by atoms with Crippen LogP contribution in [0.15, 0.2) is 71.2 Å². The van der Waals surface area contributed by atoms with Crippen LogP contribution in [0.4, 0.5) is 4.39 Å². The van der Waals surface area contributed by atoms with Gasteiger partial charge in [0.2, 0.25) is 0 Å². The van der Waals surface area contributed by atoms with Crippen LogP contribution in [0.2, 0.25) is 5.02 Å². The molecule has 0 saturated heterocycles. The summed E-state index contributed by atoms with van der Waals surface area (Å²) < 4.78 is 18.5. The quantitative estimate of drug-likeness (QED) is 0.585. The summed E-state index contributed by atoms with van der Waals surface area (Å²) in [5, 5.41) is 3.34. The third-order valence-electron chi connectivity index (χ3n) is 4.64. The molecule has 0 spiro atoms. The number of rotatable bonds is 4. The number of dihydropyridines is 1. The highest BCUT2D eigenvalue weighted by molar-refractivity contribution is 6.31. The molecule has 1 atom stereocenters. The van der Waals surface area contributed by atoms with Crippen molar-refractivity contribution in [2.75, 3.05) is 7.11 Å². The molecule has 1 N–H and O–H groups in total. The molecule has 1 heterocycles. The zero-order valence-corrected chi connectivity index (χ0v) is 16.2. The molecule has 1 aliphatic rings. The highest BCUT2D eigenvalue weighted by Crippen LogP contribution is 2.42. The predicted octanol–water partition coefficient (Wildman–Crippen LogP) is 4.99. The molecule has 4 nitrogen and oxygen atoms in total. The Labute approximate surface area is 168 Å². The first-order valence-corrected chi connectivity index (χ1v) is 8.99. The number of hydrogen-bond acceptors (Lipinski definition) is 3. The van der Waals surface area contributed by atoms with Crippen molar-refractivity contribution in [2.45, 2.75) is 19.3 Å². The van der Waals surface area contributed by atoms with Gasteiger partial charge >= 0.3 is 5.97 Å². The van der Waals surface area contributed by atoms with Crippen LogP contribution in [-0.4, -0.2) is 13.1 Å². The smallest absolute Gasteiger partial charge is 0.335 e. The van der Waals surface area contributed by atoms with Crippen LogP contribution < -0.4 is 5.32 Å². The summed E-state index contributed by atoms with van der Waals surface area (Å²) in [6.07, 6.45) is 0.486. The van der Waals surface area contributed by atoms with Crippen molar-refractivity contribution in [3.63, 3.8) is 0 Å². The standard InChI is InChI=1S/C22H18ClFN2O2/c1-13-19(22(27)28-3)20(16-10-9-15(24)12-17(16)23)21(25-2)18(26-13)11-14-7-5-4-6-8-14/h4-10,12,20,26H,11H2,1,3H3. The molecule has 0 fully saturated rings. The Hall–Kier alpha value is -3.10. The van der Waals surface area contributed by atoms with Gasteiger partial charge in [0.15, 0.2) is 5.70 Å². The van der Waals surface area contributed by atoms with Gasteiger partial charge in [0.25, 0.3) is 0 Å². The van der Waals surface area contributed by atoms with Gasteiger partial charge in [0, 0.05) is 22.8 Å². The van der Waals surface area contributed by atoms with E-state index >= 15 is 0 Å². The van der Waals surface area contributed by atoms with Crippen LogP contribution in [0.3, 0.4) is 0 Å². The molecule has 0 radical (unpaired) electrons. The van der Waals surface area contributed by atoms with Gasteiger partial charge in [0.1, 0.15) is 5.82 Å². The largest absolute Gasteiger partial charge is 0.466 e. The van der Waals surface area contributed by atoms with E-state index in [9.17, 15) is 9.18 Å². The number of carbonyl (C=O) groups excluding carboxylic acids is 1. The fourth-order valence-electron chi connectivity index (χ4n) is 3.37. The molecule has 0 bridgehead atoms. The Morgan fingerprint density at radius 2 is 2.00 bits per heavy atom. The lowest BCUT2D eigenvalue weighted by Crippen LogP contribution is -2.29. The van der Waals surface area contributed by atoms with Crippen LogP contribution >= 0.6 is 11.6 Å². The summed E-state index contributed by atoms with van der Waals surface area (Å²) in [6, 6.07) is 13.7. The molecule has 28 heavy (non-hydrogen) atoms. The van der Waals surface area contributed by atoms with Gasteiger partial charge in [-0.2, -0.15) is 0 Å². The molecule has 1 aliphatic heterocycles. The Bertz CT molecular complexity index is 1020. The summed E-state index contributed by atoms with van der Waals surface area (Å²) in [5.74, 6) is -1.78. The number of carbonyl (C=O) groups is 1. The monoisotopic (exact) mass is 396 g/mol. The maximum Gasteiger partial charge on any atom is 0.335 e. The molecule has 0 amide bonds. The van der Waals surface area contributed by atoms with Crippen molar-refractivity contribution in [3.8, 4) is 0 Å². The number of nitrogens with one attached hydrogen (secondary N) is 1. The molecular weight excluding hydrogens is 379 g/mol. The second-order valence-corrected chi connectivity index (χ2v) is 6.80. The minimum absolute atomic E-state index is 0.154. The molecule has 2 aromatic rings. The highest BCUT2D eigenvalue weighted by Gasteiger charge is 2.36. The lowest BCUT2D eigenvalue weighted by atomic mass is 9.83. The van der Waals surface area contributed by atoms with Crippen molar-refractivity contribution >= 4 is 17.6 Å². The van der Waals surface area contributed by atoms with E-state index in [1.54, 1.807) is 6.92 Å². The molecule has 6 heteroatoms. The number of benzene rings is 2. The first kappa shape index (κ1) is 19.7. The summed E-state index contributed by atoms with van der Waals surface area (Å²) in [6.45, 7) is 9.53. The van der Waals surface area contributed by atoms with Gasteiger partial charge in [-0.25, -0.2) is 14.0 Å². The molecule has 0 aliphatic carbocycles. The minimum Gasteiger partial charge on any atom is -0.466 e. The summed E-state index contributed by atoms with van der Waals surface area (Å²) in [4.78, 5) is 16.2. The van der Waals surface area contributed by atoms with E-state index < -0.39 is 17.7 Å². The number of esters is 1. The molecule has 142 valence electrons. The molecule has 0 saturated carbocycles. The number of nitrogens with zero attached hydrogens (tertiary/aromatic N) is 1. The fourth-order valence-corrected chi connectivity index (χ4v) is 3.65. The zero-order valence-electron chi connectivity index (χ0n) is 15.4. The number of methoxy groups -OCH3 is 1. The second kappa shape index (κ2) is 8.28. The third kappa shape index (κ3) is 3.78. The van der Waals surface area contributed by atoms with Crippen molar-refractivity contribution in [1.29, 1.82) is 0 Å². The van der Waals surface area contributed by atoms with Crippen molar-refractivity contribution < 1.29 is 13.9 Å². The molecular formula is C22H18ClFN2O2. The van der Waals surface area contributed by atoms with Crippen molar-refractivity contribution in [2.24, 2.45) is 0 Å². The minimum atomic E-state index is -0.738. The molecule has 3 rings (SSSR count). The number of halogens is 2. The zero-order chi connectivity index (χ0) is 20.3. The van der Waals surface area contributed by atoms with E-state index in [0.29, 0.717) is 34.6 Å². The van der Waals surface area contributed by atoms with Crippen LogP contribution in [-0.2, 0) is 16.0 Å².